The lowest BCUT2D eigenvalue weighted by molar-refractivity contribution is -0.115. The zero-order valence-corrected chi connectivity index (χ0v) is 13.3. The zero-order chi connectivity index (χ0) is 16.2. The van der Waals surface area contributed by atoms with Crippen LogP contribution in [-0.4, -0.2) is 21.1 Å². The Morgan fingerprint density at radius 1 is 1.13 bits per heavy atom. The number of carbonyl (C=O) groups is 1. The van der Waals surface area contributed by atoms with Gasteiger partial charge in [-0.25, -0.2) is 4.98 Å². The Morgan fingerprint density at radius 3 is 2.61 bits per heavy atom. The molecule has 0 aliphatic carbocycles. The average Bonchev–Trinajstić information content (AvgIpc) is 2.56. The minimum Gasteiger partial charge on any atom is -0.325 e. The van der Waals surface area contributed by atoms with Gasteiger partial charge in [0.25, 0.3) is 5.56 Å². The number of nitrogens with zero attached hydrogens (tertiary/aromatic N) is 1. The second-order valence-corrected chi connectivity index (χ2v) is 6.33. The summed E-state index contributed by atoms with van der Waals surface area (Å²) < 4.78 is 0. The van der Waals surface area contributed by atoms with E-state index in [0.29, 0.717) is 16.1 Å². The van der Waals surface area contributed by atoms with Gasteiger partial charge in [-0.05, 0) is 31.2 Å². The molecule has 0 spiro atoms. The van der Waals surface area contributed by atoms with Crippen LogP contribution in [-0.2, 0) is 4.79 Å². The maximum absolute atomic E-state index is 12.2. The highest BCUT2D eigenvalue weighted by atomic mass is 32.2. The molecule has 0 bridgehead atoms. The molecule has 1 aromatic heterocycles. The standard InChI is InChI=1S/C17H15N3O2S/c1-11(15(21)18-12-7-3-2-4-8-12)23-17-19-14-10-6-5-9-13(14)16(22)20-17/h2-11H,1H3,(H,18,21)(H,19,20,22). The van der Waals surface area contributed by atoms with Crippen LogP contribution < -0.4 is 10.9 Å². The SMILES string of the molecule is CC(Sc1nc2ccccc2c(=O)[nH]1)C(=O)Nc1ccccc1. The summed E-state index contributed by atoms with van der Waals surface area (Å²) in [6, 6.07) is 16.4. The molecular weight excluding hydrogens is 310 g/mol. The van der Waals surface area contributed by atoms with E-state index in [9.17, 15) is 9.59 Å². The highest BCUT2D eigenvalue weighted by molar-refractivity contribution is 8.00. The van der Waals surface area contributed by atoms with Gasteiger partial charge >= 0.3 is 0 Å². The fourth-order valence-electron chi connectivity index (χ4n) is 2.11. The van der Waals surface area contributed by atoms with E-state index >= 15 is 0 Å². The molecule has 1 heterocycles. The maximum atomic E-state index is 12.2. The van der Waals surface area contributed by atoms with Crippen LogP contribution in [0, 0.1) is 0 Å². The topological polar surface area (TPSA) is 74.8 Å². The lowest BCUT2D eigenvalue weighted by Gasteiger charge is -2.11. The van der Waals surface area contributed by atoms with Crippen molar-refractivity contribution in [3.63, 3.8) is 0 Å². The summed E-state index contributed by atoms with van der Waals surface area (Å²) >= 11 is 1.22. The second-order valence-electron chi connectivity index (χ2n) is 5.00. The number of carbonyl (C=O) groups excluding carboxylic acids is 1. The normalized spacial score (nSPS) is 12.0. The Hall–Kier alpha value is -2.60. The van der Waals surface area contributed by atoms with Crippen molar-refractivity contribution in [2.75, 3.05) is 5.32 Å². The molecule has 5 nitrogen and oxygen atoms in total. The lowest BCUT2D eigenvalue weighted by Crippen LogP contribution is -2.23. The largest absolute Gasteiger partial charge is 0.325 e. The number of aromatic nitrogens is 2. The number of fused-ring (bicyclic) bond motifs is 1. The van der Waals surface area contributed by atoms with E-state index in [1.54, 1.807) is 25.1 Å². The number of hydrogen-bond acceptors (Lipinski definition) is 4. The van der Waals surface area contributed by atoms with Crippen LogP contribution >= 0.6 is 11.8 Å². The molecule has 116 valence electrons. The van der Waals surface area contributed by atoms with Crippen molar-refractivity contribution in [1.82, 2.24) is 9.97 Å². The van der Waals surface area contributed by atoms with Crippen LogP contribution in [0.15, 0.2) is 64.5 Å². The number of para-hydroxylation sites is 2. The summed E-state index contributed by atoms with van der Waals surface area (Å²) in [5.74, 6) is -0.142. The summed E-state index contributed by atoms with van der Waals surface area (Å²) in [7, 11) is 0. The number of H-pyrrole nitrogens is 1. The number of hydrogen-bond donors (Lipinski definition) is 2. The molecule has 2 N–H and O–H groups in total. The number of amides is 1. The van der Waals surface area contributed by atoms with E-state index in [0.717, 1.165) is 5.69 Å². The van der Waals surface area contributed by atoms with Crippen LogP contribution in [0.25, 0.3) is 10.9 Å². The molecule has 0 saturated heterocycles. The van der Waals surface area contributed by atoms with E-state index < -0.39 is 0 Å². The molecule has 0 saturated carbocycles. The average molecular weight is 325 g/mol. The summed E-state index contributed by atoms with van der Waals surface area (Å²) in [6.07, 6.45) is 0. The lowest BCUT2D eigenvalue weighted by atomic mass is 10.2. The first-order valence-corrected chi connectivity index (χ1v) is 8.03. The van der Waals surface area contributed by atoms with Crippen molar-refractivity contribution >= 4 is 34.3 Å². The summed E-state index contributed by atoms with van der Waals surface area (Å²) in [5, 5.41) is 3.42. The van der Waals surface area contributed by atoms with Gasteiger partial charge in [0.2, 0.25) is 5.91 Å². The Morgan fingerprint density at radius 2 is 1.83 bits per heavy atom. The first-order chi connectivity index (χ1) is 11.1. The van der Waals surface area contributed by atoms with E-state index in [1.165, 1.54) is 11.8 Å². The van der Waals surface area contributed by atoms with Gasteiger partial charge in [0.05, 0.1) is 16.2 Å². The van der Waals surface area contributed by atoms with Crippen molar-refractivity contribution in [2.45, 2.75) is 17.3 Å². The number of nitrogens with one attached hydrogen (secondary N) is 2. The van der Waals surface area contributed by atoms with Gasteiger partial charge in [-0.15, -0.1) is 0 Å². The zero-order valence-electron chi connectivity index (χ0n) is 12.4. The third-order valence-corrected chi connectivity index (χ3v) is 4.27. The van der Waals surface area contributed by atoms with Crippen molar-refractivity contribution in [3.05, 3.63) is 65.0 Å². The molecule has 2 aromatic carbocycles. The molecule has 3 aromatic rings. The second kappa shape index (κ2) is 6.66. The summed E-state index contributed by atoms with van der Waals surface area (Å²) in [5.41, 5.74) is 1.16. The Kier molecular flexibility index (Phi) is 4.43. The molecule has 1 amide bonds. The van der Waals surface area contributed by atoms with Crippen molar-refractivity contribution < 1.29 is 4.79 Å². The minimum atomic E-state index is -0.389. The number of anilines is 1. The first kappa shape index (κ1) is 15.3. The molecule has 6 heteroatoms. The van der Waals surface area contributed by atoms with Crippen molar-refractivity contribution in [2.24, 2.45) is 0 Å². The molecule has 0 fully saturated rings. The van der Waals surface area contributed by atoms with Gasteiger partial charge in [0.1, 0.15) is 0 Å². The van der Waals surface area contributed by atoms with Crippen LogP contribution in [0.1, 0.15) is 6.92 Å². The van der Waals surface area contributed by atoms with Crippen LogP contribution in [0.5, 0.6) is 0 Å². The quantitative estimate of drug-likeness (QED) is 0.571. The van der Waals surface area contributed by atoms with E-state index in [4.69, 9.17) is 0 Å². The number of aromatic amines is 1. The number of thioether (sulfide) groups is 1. The number of benzene rings is 2. The summed E-state index contributed by atoms with van der Waals surface area (Å²) in [4.78, 5) is 31.4. The van der Waals surface area contributed by atoms with Crippen LogP contribution in [0.4, 0.5) is 5.69 Å². The van der Waals surface area contributed by atoms with E-state index in [-0.39, 0.29) is 16.7 Å². The predicted molar refractivity (Wildman–Crippen MR) is 92.8 cm³/mol. The molecule has 1 atom stereocenters. The van der Waals surface area contributed by atoms with Gasteiger partial charge < -0.3 is 10.3 Å². The Labute approximate surface area is 137 Å². The van der Waals surface area contributed by atoms with Gasteiger partial charge in [0, 0.05) is 5.69 Å². The highest BCUT2D eigenvalue weighted by Crippen LogP contribution is 2.21. The fraction of sp³-hybridized carbons (Fsp3) is 0.118. The molecule has 0 aliphatic rings. The van der Waals surface area contributed by atoms with E-state index in [2.05, 4.69) is 15.3 Å². The minimum absolute atomic E-state index is 0.142. The Bertz CT molecular complexity index is 893. The predicted octanol–water partition coefficient (Wildman–Crippen LogP) is 3.04. The first-order valence-electron chi connectivity index (χ1n) is 7.15. The van der Waals surface area contributed by atoms with Crippen LogP contribution in [0.3, 0.4) is 0 Å². The smallest absolute Gasteiger partial charge is 0.259 e. The van der Waals surface area contributed by atoms with Crippen LogP contribution in [0.2, 0.25) is 0 Å². The van der Waals surface area contributed by atoms with Gasteiger partial charge in [-0.2, -0.15) is 0 Å². The van der Waals surface area contributed by atoms with E-state index in [1.807, 2.05) is 36.4 Å². The maximum Gasteiger partial charge on any atom is 0.259 e. The monoisotopic (exact) mass is 325 g/mol. The molecule has 3 rings (SSSR count). The molecular formula is C17H15N3O2S. The fourth-order valence-corrected chi connectivity index (χ4v) is 2.91. The molecule has 0 radical (unpaired) electrons. The van der Waals surface area contributed by atoms with Gasteiger partial charge in [-0.1, -0.05) is 42.1 Å². The van der Waals surface area contributed by atoms with Crippen molar-refractivity contribution in [3.8, 4) is 0 Å². The van der Waals surface area contributed by atoms with Gasteiger partial charge in [0.15, 0.2) is 5.16 Å². The molecule has 1 unspecified atom stereocenters. The highest BCUT2D eigenvalue weighted by Gasteiger charge is 2.16. The molecule has 0 aliphatic heterocycles. The Balaban J connectivity index is 1.76. The number of rotatable bonds is 4. The van der Waals surface area contributed by atoms with Crippen molar-refractivity contribution in [1.29, 1.82) is 0 Å². The molecule has 23 heavy (non-hydrogen) atoms. The third kappa shape index (κ3) is 3.60. The summed E-state index contributed by atoms with van der Waals surface area (Å²) in [6.45, 7) is 1.78. The van der Waals surface area contributed by atoms with Gasteiger partial charge in [-0.3, -0.25) is 9.59 Å². The third-order valence-electron chi connectivity index (χ3n) is 3.29.